The van der Waals surface area contributed by atoms with Gasteiger partial charge in [0.2, 0.25) is 0 Å². The molecule has 122 valence electrons. The molecule has 0 atom stereocenters. The fourth-order valence-electron chi connectivity index (χ4n) is 1.92. The summed E-state index contributed by atoms with van der Waals surface area (Å²) in [4.78, 5) is 9.88. The van der Waals surface area contributed by atoms with E-state index in [1.54, 1.807) is 12.4 Å². The Morgan fingerprint density at radius 3 is 2.83 bits per heavy atom. The van der Waals surface area contributed by atoms with E-state index in [0.29, 0.717) is 5.69 Å². The molecule has 2 heterocycles. The first-order valence-electron chi connectivity index (χ1n) is 7.74. The van der Waals surface area contributed by atoms with E-state index in [4.69, 9.17) is 0 Å². The fraction of sp³-hybridized carbons (Fsp3) is 0.200. The summed E-state index contributed by atoms with van der Waals surface area (Å²) in [7, 11) is 1.85. The molecule has 24 heavy (non-hydrogen) atoms. The van der Waals surface area contributed by atoms with Crippen LogP contribution in [0.25, 0.3) is 0 Å². The lowest BCUT2D eigenvalue weighted by Crippen LogP contribution is -2.08. The van der Waals surface area contributed by atoms with E-state index in [0.717, 1.165) is 17.7 Å². The van der Waals surface area contributed by atoms with Crippen LogP contribution in [0.3, 0.4) is 0 Å². The van der Waals surface area contributed by atoms with Gasteiger partial charge in [0, 0.05) is 31.1 Å². The molecule has 0 amide bonds. The predicted octanol–water partition coefficient (Wildman–Crippen LogP) is 4.34. The van der Waals surface area contributed by atoms with Gasteiger partial charge in [0.15, 0.2) is 0 Å². The van der Waals surface area contributed by atoms with Crippen LogP contribution in [-0.2, 0) is 0 Å². The maximum atomic E-state index is 13.3. The highest BCUT2D eigenvalue weighted by atomic mass is 19.1. The Bertz CT molecular complexity index is 798. The SMILES string of the molecule is CCC(C)=C(C#Cc1ccccn1)/C=C\N(C)c1cncc(F)c1. The van der Waals surface area contributed by atoms with E-state index in [1.165, 1.54) is 17.8 Å². The average Bonchev–Trinajstić information content (AvgIpc) is 2.61. The summed E-state index contributed by atoms with van der Waals surface area (Å²) in [6.07, 6.45) is 9.22. The summed E-state index contributed by atoms with van der Waals surface area (Å²) in [5.74, 6) is 5.88. The number of halogens is 1. The van der Waals surface area contributed by atoms with E-state index in [1.807, 2.05) is 42.4 Å². The van der Waals surface area contributed by atoms with E-state index in [-0.39, 0.29) is 5.82 Å². The minimum Gasteiger partial charge on any atom is -0.350 e. The smallest absolute Gasteiger partial charge is 0.143 e. The topological polar surface area (TPSA) is 29.0 Å². The highest BCUT2D eigenvalue weighted by Crippen LogP contribution is 2.14. The Kier molecular flexibility index (Phi) is 6.27. The largest absolute Gasteiger partial charge is 0.350 e. The summed E-state index contributed by atoms with van der Waals surface area (Å²) in [6, 6.07) is 7.09. The minimum atomic E-state index is -0.358. The predicted molar refractivity (Wildman–Crippen MR) is 95.8 cm³/mol. The molecule has 3 nitrogen and oxygen atoms in total. The summed E-state index contributed by atoms with van der Waals surface area (Å²) in [6.45, 7) is 4.14. The summed E-state index contributed by atoms with van der Waals surface area (Å²) < 4.78 is 13.3. The molecule has 0 radical (unpaired) electrons. The first-order valence-corrected chi connectivity index (χ1v) is 7.74. The molecule has 0 aliphatic rings. The maximum absolute atomic E-state index is 13.3. The van der Waals surface area contributed by atoms with E-state index >= 15 is 0 Å². The van der Waals surface area contributed by atoms with Crippen LogP contribution in [0.2, 0.25) is 0 Å². The molecule has 4 heteroatoms. The van der Waals surface area contributed by atoms with Crippen molar-refractivity contribution in [2.45, 2.75) is 20.3 Å². The molecular weight excluding hydrogens is 301 g/mol. The number of pyridine rings is 2. The monoisotopic (exact) mass is 321 g/mol. The summed E-state index contributed by atoms with van der Waals surface area (Å²) in [5.41, 5.74) is 3.52. The van der Waals surface area contributed by atoms with Gasteiger partial charge in [-0.2, -0.15) is 0 Å². The molecule has 0 bridgehead atoms. The minimum absolute atomic E-state index is 0.358. The molecular formula is C20H20FN3. The van der Waals surface area contributed by atoms with Gasteiger partial charge in [0.05, 0.1) is 18.1 Å². The van der Waals surface area contributed by atoms with Crippen molar-refractivity contribution >= 4 is 5.69 Å². The van der Waals surface area contributed by atoms with Gasteiger partial charge >= 0.3 is 0 Å². The molecule has 2 aromatic rings. The number of aromatic nitrogens is 2. The van der Waals surface area contributed by atoms with Gasteiger partial charge in [-0.1, -0.05) is 24.5 Å². The van der Waals surface area contributed by atoms with E-state index < -0.39 is 0 Å². The standard InChI is InChI=1S/C20H20FN3/c1-4-16(2)17(8-9-19-7-5-6-11-23-19)10-12-24(3)20-13-18(21)14-22-15-20/h5-7,10-15H,4H2,1-3H3/b12-10-,17-16?. The molecule has 0 fully saturated rings. The molecule has 0 N–H and O–H groups in total. The quantitative estimate of drug-likeness (QED) is 0.619. The third-order valence-corrected chi connectivity index (χ3v) is 3.54. The molecule has 0 aliphatic heterocycles. The van der Waals surface area contributed by atoms with Crippen molar-refractivity contribution in [1.82, 2.24) is 9.97 Å². The van der Waals surface area contributed by atoms with Crippen molar-refractivity contribution in [2.24, 2.45) is 0 Å². The van der Waals surface area contributed by atoms with Crippen LogP contribution in [0.1, 0.15) is 26.0 Å². The highest BCUT2D eigenvalue weighted by molar-refractivity contribution is 5.50. The number of hydrogen-bond donors (Lipinski definition) is 0. The zero-order valence-electron chi connectivity index (χ0n) is 14.1. The van der Waals surface area contributed by atoms with Crippen molar-refractivity contribution in [3.05, 3.63) is 77.8 Å². The van der Waals surface area contributed by atoms with Crippen molar-refractivity contribution in [1.29, 1.82) is 0 Å². The van der Waals surface area contributed by atoms with Crippen LogP contribution in [0.5, 0.6) is 0 Å². The Hall–Kier alpha value is -2.93. The zero-order chi connectivity index (χ0) is 17.4. The third-order valence-electron chi connectivity index (χ3n) is 3.54. The molecule has 0 saturated carbocycles. The number of nitrogens with zero attached hydrogens (tertiary/aromatic N) is 3. The van der Waals surface area contributed by atoms with Gasteiger partial charge in [0.1, 0.15) is 11.5 Å². The molecule has 0 unspecified atom stereocenters. The van der Waals surface area contributed by atoms with Crippen LogP contribution < -0.4 is 4.90 Å². The maximum Gasteiger partial charge on any atom is 0.143 e. The van der Waals surface area contributed by atoms with Gasteiger partial charge in [-0.05, 0) is 37.5 Å². The molecule has 0 aliphatic carbocycles. The molecule has 0 aromatic carbocycles. The van der Waals surface area contributed by atoms with Crippen LogP contribution in [0.15, 0.2) is 66.3 Å². The first kappa shape index (κ1) is 17.4. The highest BCUT2D eigenvalue weighted by Gasteiger charge is 2.00. The van der Waals surface area contributed by atoms with Crippen LogP contribution in [0.4, 0.5) is 10.1 Å². The van der Waals surface area contributed by atoms with Crippen molar-refractivity contribution in [3.8, 4) is 11.8 Å². The molecule has 2 aromatic heterocycles. The molecule has 0 spiro atoms. The Labute approximate surface area is 142 Å². The second kappa shape index (κ2) is 8.64. The lowest BCUT2D eigenvalue weighted by Gasteiger charge is -2.13. The van der Waals surface area contributed by atoms with Crippen molar-refractivity contribution in [3.63, 3.8) is 0 Å². The Morgan fingerprint density at radius 2 is 2.17 bits per heavy atom. The van der Waals surface area contributed by atoms with Crippen molar-refractivity contribution < 1.29 is 4.39 Å². The second-order valence-electron chi connectivity index (χ2n) is 5.30. The number of allylic oxidation sites excluding steroid dienone is 3. The lowest BCUT2D eigenvalue weighted by molar-refractivity contribution is 0.621. The van der Waals surface area contributed by atoms with Gasteiger partial charge in [-0.3, -0.25) is 4.98 Å². The van der Waals surface area contributed by atoms with Crippen LogP contribution in [-0.4, -0.2) is 17.0 Å². The van der Waals surface area contributed by atoms with Crippen LogP contribution >= 0.6 is 0 Å². The third kappa shape index (κ3) is 5.06. The van der Waals surface area contributed by atoms with Gasteiger partial charge in [-0.25, -0.2) is 9.37 Å². The first-order chi connectivity index (χ1) is 11.6. The zero-order valence-corrected chi connectivity index (χ0v) is 14.1. The second-order valence-corrected chi connectivity index (χ2v) is 5.30. The van der Waals surface area contributed by atoms with Crippen LogP contribution in [0, 0.1) is 17.7 Å². The molecule has 2 rings (SSSR count). The number of anilines is 1. The molecule has 0 saturated heterocycles. The Balaban J connectivity index is 2.23. The van der Waals surface area contributed by atoms with Gasteiger partial charge in [-0.15, -0.1) is 0 Å². The van der Waals surface area contributed by atoms with Gasteiger partial charge in [0.25, 0.3) is 0 Å². The summed E-state index contributed by atoms with van der Waals surface area (Å²) in [5, 5.41) is 0. The van der Waals surface area contributed by atoms with E-state index in [2.05, 4.69) is 35.7 Å². The van der Waals surface area contributed by atoms with Gasteiger partial charge < -0.3 is 4.90 Å². The van der Waals surface area contributed by atoms with Crippen molar-refractivity contribution in [2.75, 3.05) is 11.9 Å². The Morgan fingerprint density at radius 1 is 1.33 bits per heavy atom. The average molecular weight is 321 g/mol. The lowest BCUT2D eigenvalue weighted by atomic mass is 10.1. The normalized spacial score (nSPS) is 11.7. The number of hydrogen-bond acceptors (Lipinski definition) is 3. The van der Waals surface area contributed by atoms with E-state index in [9.17, 15) is 4.39 Å². The summed E-state index contributed by atoms with van der Waals surface area (Å²) >= 11 is 0. The fourth-order valence-corrected chi connectivity index (χ4v) is 1.92. The number of rotatable bonds is 4.